The third-order valence-electron chi connectivity index (χ3n) is 3.77. The number of methoxy groups -OCH3 is 3. The van der Waals surface area contributed by atoms with Crippen molar-refractivity contribution in [2.24, 2.45) is 5.10 Å². The van der Waals surface area contributed by atoms with Gasteiger partial charge in [0.15, 0.2) is 17.3 Å². The molecule has 27 heavy (non-hydrogen) atoms. The molecule has 0 aliphatic heterocycles. The third-order valence-corrected chi connectivity index (χ3v) is 4.73. The van der Waals surface area contributed by atoms with Crippen molar-refractivity contribution < 1.29 is 14.2 Å². The molecule has 0 amide bonds. The van der Waals surface area contributed by atoms with Gasteiger partial charge in [-0.15, -0.1) is 0 Å². The molecule has 0 unspecified atom stereocenters. The zero-order valence-electron chi connectivity index (χ0n) is 14.9. The molecule has 0 aliphatic rings. The lowest BCUT2D eigenvalue weighted by Gasteiger charge is -2.12. The van der Waals surface area contributed by atoms with Crippen LogP contribution < -0.4 is 14.2 Å². The van der Waals surface area contributed by atoms with Gasteiger partial charge in [0, 0.05) is 15.6 Å². The molecule has 0 aliphatic carbocycles. The first-order chi connectivity index (χ1) is 13.1. The summed E-state index contributed by atoms with van der Waals surface area (Å²) in [5.41, 5.74) is 1.62. The minimum Gasteiger partial charge on any atom is -0.493 e. The Morgan fingerprint density at radius 2 is 1.78 bits per heavy atom. The highest BCUT2D eigenvalue weighted by Gasteiger charge is 2.13. The van der Waals surface area contributed by atoms with Crippen LogP contribution in [0.1, 0.15) is 5.56 Å². The fourth-order valence-electron chi connectivity index (χ4n) is 2.52. The van der Waals surface area contributed by atoms with E-state index in [1.165, 1.54) is 0 Å². The predicted octanol–water partition coefficient (Wildman–Crippen LogP) is 4.28. The number of rotatable bonds is 6. The van der Waals surface area contributed by atoms with E-state index in [0.29, 0.717) is 27.8 Å². The molecule has 3 aromatic rings. The smallest absolute Gasteiger partial charge is 0.216 e. The SMILES string of the molecule is COc1cc(C=Nn2c(-c3ccccc3Br)n[nH]c2=S)cc(OC)c1OC. The van der Waals surface area contributed by atoms with E-state index in [-0.39, 0.29) is 0 Å². The van der Waals surface area contributed by atoms with E-state index in [1.54, 1.807) is 44.4 Å². The van der Waals surface area contributed by atoms with Crippen molar-refractivity contribution in [1.29, 1.82) is 0 Å². The fourth-order valence-corrected chi connectivity index (χ4v) is 3.16. The number of hydrogen-bond donors (Lipinski definition) is 1. The summed E-state index contributed by atoms with van der Waals surface area (Å²) in [6.07, 6.45) is 1.65. The van der Waals surface area contributed by atoms with Gasteiger partial charge in [-0.05, 0) is 36.5 Å². The summed E-state index contributed by atoms with van der Waals surface area (Å²) in [6.45, 7) is 0. The molecular formula is C18H17BrN4O3S. The van der Waals surface area contributed by atoms with Crippen LogP contribution in [0.25, 0.3) is 11.4 Å². The van der Waals surface area contributed by atoms with Gasteiger partial charge >= 0.3 is 0 Å². The van der Waals surface area contributed by atoms with E-state index in [4.69, 9.17) is 26.4 Å². The highest BCUT2D eigenvalue weighted by Crippen LogP contribution is 2.37. The molecule has 2 aromatic carbocycles. The van der Waals surface area contributed by atoms with Crippen molar-refractivity contribution in [3.05, 3.63) is 51.2 Å². The van der Waals surface area contributed by atoms with E-state index in [2.05, 4.69) is 31.2 Å². The number of nitrogens with zero attached hydrogens (tertiary/aromatic N) is 3. The number of ether oxygens (including phenoxy) is 3. The minimum atomic E-state index is 0.379. The van der Waals surface area contributed by atoms with Crippen LogP contribution in [0.3, 0.4) is 0 Å². The molecule has 3 rings (SSSR count). The van der Waals surface area contributed by atoms with Crippen LogP contribution >= 0.6 is 28.1 Å². The molecule has 0 saturated heterocycles. The molecule has 0 fully saturated rings. The van der Waals surface area contributed by atoms with Crippen LogP contribution in [0.4, 0.5) is 0 Å². The second-order valence-corrected chi connectivity index (χ2v) is 6.59. The number of halogens is 1. The van der Waals surface area contributed by atoms with Gasteiger partial charge in [-0.25, -0.2) is 5.10 Å². The van der Waals surface area contributed by atoms with Crippen molar-refractivity contribution in [3.63, 3.8) is 0 Å². The Balaban J connectivity index is 2.04. The normalized spacial score (nSPS) is 11.0. The van der Waals surface area contributed by atoms with Crippen molar-refractivity contribution in [2.45, 2.75) is 0 Å². The number of benzene rings is 2. The van der Waals surface area contributed by atoms with Crippen molar-refractivity contribution in [1.82, 2.24) is 14.9 Å². The molecule has 1 aromatic heterocycles. The Hall–Kier alpha value is -2.65. The fraction of sp³-hybridized carbons (Fsp3) is 0.167. The van der Waals surface area contributed by atoms with E-state index in [1.807, 2.05) is 24.3 Å². The molecule has 9 heteroatoms. The molecule has 0 radical (unpaired) electrons. The van der Waals surface area contributed by atoms with Gasteiger partial charge in [0.05, 0.1) is 27.5 Å². The molecule has 0 saturated carbocycles. The van der Waals surface area contributed by atoms with Gasteiger partial charge < -0.3 is 14.2 Å². The van der Waals surface area contributed by atoms with E-state index < -0.39 is 0 Å². The number of aromatic amines is 1. The van der Waals surface area contributed by atoms with Crippen LogP contribution in [0, 0.1) is 4.77 Å². The van der Waals surface area contributed by atoms with E-state index in [0.717, 1.165) is 15.6 Å². The predicted molar refractivity (Wildman–Crippen MR) is 110 cm³/mol. The molecular weight excluding hydrogens is 432 g/mol. The Kier molecular flexibility index (Phi) is 5.92. The number of nitrogens with one attached hydrogen (secondary N) is 1. The standard InChI is InChI=1S/C18H17BrN4O3S/c1-24-14-8-11(9-15(25-2)16(14)26-3)10-20-23-17(21-22-18(23)27)12-6-4-5-7-13(12)19/h4-10H,1-3H3,(H,22,27). The van der Waals surface area contributed by atoms with Crippen LogP contribution in [0.2, 0.25) is 0 Å². The summed E-state index contributed by atoms with van der Waals surface area (Å²) in [5, 5.41) is 11.5. The second kappa shape index (κ2) is 8.36. The first kappa shape index (κ1) is 19.1. The molecule has 1 N–H and O–H groups in total. The highest BCUT2D eigenvalue weighted by molar-refractivity contribution is 9.10. The minimum absolute atomic E-state index is 0.379. The topological polar surface area (TPSA) is 73.7 Å². The van der Waals surface area contributed by atoms with Crippen molar-refractivity contribution in [2.75, 3.05) is 21.3 Å². The van der Waals surface area contributed by atoms with Crippen molar-refractivity contribution >= 4 is 34.4 Å². The Morgan fingerprint density at radius 1 is 1.11 bits per heavy atom. The molecule has 0 bridgehead atoms. The summed E-state index contributed by atoms with van der Waals surface area (Å²) >= 11 is 8.84. The quantitative estimate of drug-likeness (QED) is 0.449. The highest BCUT2D eigenvalue weighted by atomic mass is 79.9. The zero-order chi connectivity index (χ0) is 19.4. The van der Waals surface area contributed by atoms with Crippen LogP contribution in [0.5, 0.6) is 17.2 Å². The first-order valence-corrected chi connectivity index (χ1v) is 9.05. The molecule has 0 spiro atoms. The molecule has 140 valence electrons. The summed E-state index contributed by atoms with van der Waals surface area (Å²) in [5.74, 6) is 2.20. The number of aromatic nitrogens is 3. The molecule has 1 heterocycles. The second-order valence-electron chi connectivity index (χ2n) is 5.35. The van der Waals surface area contributed by atoms with Gasteiger partial charge in [0.25, 0.3) is 0 Å². The van der Waals surface area contributed by atoms with Gasteiger partial charge in [-0.3, -0.25) is 0 Å². The van der Waals surface area contributed by atoms with Crippen LogP contribution in [0.15, 0.2) is 46.0 Å². The third kappa shape index (κ3) is 3.88. The maximum absolute atomic E-state index is 5.37. The Bertz CT molecular complexity index is 1020. The number of H-pyrrole nitrogens is 1. The van der Waals surface area contributed by atoms with Crippen LogP contribution in [-0.2, 0) is 0 Å². The van der Waals surface area contributed by atoms with Gasteiger partial charge in [0.2, 0.25) is 10.5 Å². The monoisotopic (exact) mass is 448 g/mol. The molecule has 0 atom stereocenters. The lowest BCUT2D eigenvalue weighted by atomic mass is 10.2. The average Bonchev–Trinajstić information content (AvgIpc) is 3.06. The Labute approximate surface area is 169 Å². The van der Waals surface area contributed by atoms with Gasteiger partial charge in [0.1, 0.15) is 0 Å². The number of hydrogen-bond acceptors (Lipinski definition) is 6. The summed E-state index contributed by atoms with van der Waals surface area (Å²) < 4.78 is 18.9. The maximum atomic E-state index is 5.37. The zero-order valence-corrected chi connectivity index (χ0v) is 17.3. The van der Waals surface area contributed by atoms with Gasteiger partial charge in [-0.2, -0.15) is 14.9 Å². The Morgan fingerprint density at radius 3 is 2.37 bits per heavy atom. The average molecular weight is 449 g/mol. The van der Waals surface area contributed by atoms with Crippen LogP contribution in [-0.4, -0.2) is 42.4 Å². The summed E-state index contributed by atoms with van der Waals surface area (Å²) in [6, 6.07) is 11.3. The summed E-state index contributed by atoms with van der Waals surface area (Å²) in [7, 11) is 4.69. The largest absolute Gasteiger partial charge is 0.493 e. The van der Waals surface area contributed by atoms with E-state index >= 15 is 0 Å². The van der Waals surface area contributed by atoms with E-state index in [9.17, 15) is 0 Å². The lowest BCUT2D eigenvalue weighted by molar-refractivity contribution is 0.324. The lowest BCUT2D eigenvalue weighted by Crippen LogP contribution is -1.98. The van der Waals surface area contributed by atoms with Gasteiger partial charge in [-0.1, -0.05) is 28.1 Å². The molecule has 7 nitrogen and oxygen atoms in total. The summed E-state index contributed by atoms with van der Waals surface area (Å²) in [4.78, 5) is 0. The maximum Gasteiger partial charge on any atom is 0.216 e. The van der Waals surface area contributed by atoms with Crippen molar-refractivity contribution in [3.8, 4) is 28.6 Å². The first-order valence-electron chi connectivity index (χ1n) is 7.85.